The summed E-state index contributed by atoms with van der Waals surface area (Å²) in [6, 6.07) is 22.8. The molecule has 162 valence electrons. The Morgan fingerprint density at radius 3 is 1.77 bits per heavy atom. The van der Waals surface area contributed by atoms with Gasteiger partial charge < -0.3 is 19.1 Å². The normalized spacial score (nSPS) is 10.3. The first kappa shape index (κ1) is 22.0. The Bertz CT molecular complexity index is 970. The molecule has 3 rings (SSSR count). The van der Waals surface area contributed by atoms with Crippen molar-refractivity contribution in [3.05, 3.63) is 83.9 Å². The predicted molar refractivity (Wildman–Crippen MR) is 122 cm³/mol. The molecule has 3 aromatic rings. The van der Waals surface area contributed by atoms with Gasteiger partial charge in [0.05, 0.1) is 14.2 Å². The average molecular weight is 421 g/mol. The Morgan fingerprint density at radius 1 is 0.742 bits per heavy atom. The minimum Gasteiger partial charge on any atom is -0.497 e. The summed E-state index contributed by atoms with van der Waals surface area (Å²) in [6.07, 6.45) is -0.429. The van der Waals surface area contributed by atoms with Crippen LogP contribution in [0.2, 0.25) is 0 Å². The lowest BCUT2D eigenvalue weighted by molar-refractivity contribution is 0.146. The van der Waals surface area contributed by atoms with Gasteiger partial charge in [0.2, 0.25) is 0 Å². The predicted octanol–water partition coefficient (Wildman–Crippen LogP) is 4.97. The largest absolute Gasteiger partial charge is 0.497 e. The maximum atomic E-state index is 13.1. The summed E-state index contributed by atoms with van der Waals surface area (Å²) < 4.78 is 16.4. The Hall–Kier alpha value is -3.67. The summed E-state index contributed by atoms with van der Waals surface area (Å²) in [5.74, 6) is 1.98. The van der Waals surface area contributed by atoms with E-state index in [1.165, 1.54) is 0 Å². The van der Waals surface area contributed by atoms with E-state index in [2.05, 4.69) is 0 Å². The number of methoxy groups -OCH3 is 2. The van der Waals surface area contributed by atoms with Crippen LogP contribution in [0.25, 0.3) is 0 Å². The van der Waals surface area contributed by atoms with Crippen molar-refractivity contribution in [3.63, 3.8) is 0 Å². The van der Waals surface area contributed by atoms with Crippen molar-refractivity contribution in [1.29, 1.82) is 0 Å². The first-order valence-corrected chi connectivity index (χ1v) is 9.98. The van der Waals surface area contributed by atoms with Crippen LogP contribution in [0, 0.1) is 0 Å². The topological polar surface area (TPSA) is 51.2 Å². The molecule has 0 atom stereocenters. The standard InChI is InChI=1S/C25H28N2O4/c1-26(2)21-10-7-13-24(16-21)31-25(28)27(17-19-8-5-11-22(14-19)29-3)18-20-9-6-12-23(15-20)30-4/h5-16H,17-18H2,1-4H3. The number of ether oxygens (including phenoxy) is 3. The van der Waals surface area contributed by atoms with Gasteiger partial charge in [0.1, 0.15) is 17.2 Å². The zero-order valence-electron chi connectivity index (χ0n) is 18.4. The number of carbonyl (C=O) groups is 1. The summed E-state index contributed by atoms with van der Waals surface area (Å²) in [5, 5.41) is 0. The van der Waals surface area contributed by atoms with Crippen LogP contribution in [0.5, 0.6) is 17.2 Å². The van der Waals surface area contributed by atoms with Crippen molar-refractivity contribution in [2.75, 3.05) is 33.2 Å². The van der Waals surface area contributed by atoms with Crippen molar-refractivity contribution >= 4 is 11.8 Å². The van der Waals surface area contributed by atoms with Gasteiger partial charge in [0.15, 0.2) is 0 Å². The first-order valence-electron chi connectivity index (χ1n) is 9.98. The Balaban J connectivity index is 1.84. The molecule has 3 aromatic carbocycles. The smallest absolute Gasteiger partial charge is 0.415 e. The molecule has 0 N–H and O–H groups in total. The quantitative estimate of drug-likeness (QED) is 0.515. The molecular weight excluding hydrogens is 392 g/mol. The first-order chi connectivity index (χ1) is 15.0. The van der Waals surface area contributed by atoms with Crippen molar-refractivity contribution in [2.24, 2.45) is 0 Å². The number of anilines is 1. The van der Waals surface area contributed by atoms with E-state index in [4.69, 9.17) is 14.2 Å². The second-order valence-corrected chi connectivity index (χ2v) is 7.32. The van der Waals surface area contributed by atoms with Crippen LogP contribution >= 0.6 is 0 Å². The summed E-state index contributed by atoms with van der Waals surface area (Å²) in [5.41, 5.74) is 2.85. The van der Waals surface area contributed by atoms with E-state index in [0.717, 1.165) is 28.3 Å². The maximum Gasteiger partial charge on any atom is 0.415 e. The lowest BCUT2D eigenvalue weighted by Gasteiger charge is -2.23. The number of hydrogen-bond acceptors (Lipinski definition) is 5. The molecule has 31 heavy (non-hydrogen) atoms. The van der Waals surface area contributed by atoms with Gasteiger partial charge in [-0.1, -0.05) is 30.3 Å². The zero-order valence-corrected chi connectivity index (χ0v) is 18.4. The monoisotopic (exact) mass is 420 g/mol. The summed E-state index contributed by atoms with van der Waals surface area (Å²) in [7, 11) is 7.13. The van der Waals surface area contributed by atoms with E-state index in [0.29, 0.717) is 18.8 Å². The van der Waals surface area contributed by atoms with Crippen molar-refractivity contribution in [1.82, 2.24) is 4.90 Å². The van der Waals surface area contributed by atoms with Gasteiger partial charge >= 0.3 is 6.09 Å². The summed E-state index contributed by atoms with van der Waals surface area (Å²) >= 11 is 0. The molecule has 0 aliphatic heterocycles. The number of hydrogen-bond donors (Lipinski definition) is 0. The van der Waals surface area contributed by atoms with Gasteiger partial charge in [-0.25, -0.2) is 4.79 Å². The van der Waals surface area contributed by atoms with Crippen LogP contribution in [0.3, 0.4) is 0 Å². The minimum atomic E-state index is -0.429. The molecule has 0 aliphatic carbocycles. The number of benzene rings is 3. The van der Waals surface area contributed by atoms with E-state index in [9.17, 15) is 4.79 Å². The number of amides is 1. The van der Waals surface area contributed by atoms with Crippen LogP contribution in [0.15, 0.2) is 72.8 Å². The van der Waals surface area contributed by atoms with Crippen LogP contribution in [-0.4, -0.2) is 39.3 Å². The molecule has 0 unspecified atom stereocenters. The Labute approximate surface area is 183 Å². The molecule has 0 aromatic heterocycles. The molecular formula is C25H28N2O4. The molecule has 0 bridgehead atoms. The Morgan fingerprint density at radius 2 is 1.26 bits per heavy atom. The molecule has 0 spiro atoms. The summed E-state index contributed by atoms with van der Waals surface area (Å²) in [4.78, 5) is 16.8. The minimum absolute atomic E-state index is 0.376. The molecule has 0 heterocycles. The fraction of sp³-hybridized carbons (Fsp3) is 0.240. The van der Waals surface area contributed by atoms with Crippen LogP contribution in [0.1, 0.15) is 11.1 Å². The number of carbonyl (C=O) groups excluding carboxylic acids is 1. The number of nitrogens with zero attached hydrogens (tertiary/aromatic N) is 2. The molecule has 0 aliphatic rings. The van der Waals surface area contributed by atoms with Crippen molar-refractivity contribution in [3.8, 4) is 17.2 Å². The summed E-state index contributed by atoms with van der Waals surface area (Å²) in [6.45, 7) is 0.751. The van der Waals surface area contributed by atoms with E-state index >= 15 is 0 Å². The highest BCUT2D eigenvalue weighted by atomic mass is 16.6. The molecule has 0 radical (unpaired) electrons. The van der Waals surface area contributed by atoms with Gasteiger partial charge in [-0.3, -0.25) is 4.90 Å². The lowest BCUT2D eigenvalue weighted by Crippen LogP contribution is -2.32. The molecule has 0 saturated heterocycles. The van der Waals surface area contributed by atoms with Crippen LogP contribution in [0.4, 0.5) is 10.5 Å². The maximum absolute atomic E-state index is 13.1. The van der Waals surface area contributed by atoms with Gasteiger partial charge in [-0.05, 0) is 47.5 Å². The fourth-order valence-electron chi connectivity index (χ4n) is 3.16. The van der Waals surface area contributed by atoms with Gasteiger partial charge in [0.25, 0.3) is 0 Å². The van der Waals surface area contributed by atoms with E-state index in [-0.39, 0.29) is 0 Å². The molecule has 6 heteroatoms. The number of rotatable bonds is 8. The van der Waals surface area contributed by atoms with Crippen molar-refractivity contribution < 1.29 is 19.0 Å². The van der Waals surface area contributed by atoms with E-state index in [1.54, 1.807) is 25.2 Å². The van der Waals surface area contributed by atoms with E-state index in [1.807, 2.05) is 85.7 Å². The molecule has 6 nitrogen and oxygen atoms in total. The second kappa shape index (κ2) is 10.4. The lowest BCUT2D eigenvalue weighted by atomic mass is 10.1. The third-order valence-electron chi connectivity index (χ3n) is 4.81. The highest BCUT2D eigenvalue weighted by Gasteiger charge is 2.18. The van der Waals surface area contributed by atoms with Crippen LogP contribution in [-0.2, 0) is 13.1 Å². The molecule has 0 fully saturated rings. The van der Waals surface area contributed by atoms with Gasteiger partial charge in [-0.15, -0.1) is 0 Å². The third-order valence-corrected chi connectivity index (χ3v) is 4.81. The van der Waals surface area contributed by atoms with Gasteiger partial charge in [-0.2, -0.15) is 0 Å². The van der Waals surface area contributed by atoms with Crippen LogP contribution < -0.4 is 19.1 Å². The average Bonchev–Trinajstić information content (AvgIpc) is 2.79. The third kappa shape index (κ3) is 6.15. The van der Waals surface area contributed by atoms with Crippen molar-refractivity contribution in [2.45, 2.75) is 13.1 Å². The highest BCUT2D eigenvalue weighted by Crippen LogP contribution is 2.22. The van der Waals surface area contributed by atoms with Gasteiger partial charge in [0, 0.05) is 38.9 Å². The Kier molecular flexibility index (Phi) is 7.38. The zero-order chi connectivity index (χ0) is 22.2. The second-order valence-electron chi connectivity index (χ2n) is 7.32. The van der Waals surface area contributed by atoms with E-state index < -0.39 is 6.09 Å². The SMILES string of the molecule is COc1cccc(CN(Cc2cccc(OC)c2)C(=O)Oc2cccc(N(C)C)c2)c1. The molecule has 1 amide bonds. The fourth-order valence-corrected chi connectivity index (χ4v) is 3.16. The molecule has 0 saturated carbocycles. The highest BCUT2D eigenvalue weighted by molar-refractivity contribution is 5.71.